The highest BCUT2D eigenvalue weighted by atomic mass is 19.4. The molecule has 0 aliphatic carbocycles. The van der Waals surface area contributed by atoms with E-state index in [1.54, 1.807) is 6.07 Å². The Morgan fingerprint density at radius 1 is 1.07 bits per heavy atom. The number of aliphatic hydroxyl groups is 1. The van der Waals surface area contributed by atoms with Crippen molar-refractivity contribution in [1.82, 2.24) is 15.0 Å². The molecule has 4 heterocycles. The third-order valence-corrected chi connectivity index (χ3v) is 5.30. The molecule has 3 N–H and O–H groups in total. The Morgan fingerprint density at radius 2 is 1.76 bits per heavy atom. The fourth-order valence-corrected chi connectivity index (χ4v) is 3.71. The van der Waals surface area contributed by atoms with Gasteiger partial charge in [-0.15, -0.1) is 0 Å². The number of hydrogen-bond donors (Lipinski definition) is 2. The normalized spacial score (nSPS) is 18.8. The van der Waals surface area contributed by atoms with Gasteiger partial charge >= 0.3 is 6.18 Å². The van der Waals surface area contributed by atoms with Gasteiger partial charge in [0.1, 0.15) is 11.6 Å². The Labute approximate surface area is 166 Å². The highest BCUT2D eigenvalue weighted by Gasteiger charge is 2.37. The lowest BCUT2D eigenvalue weighted by molar-refractivity contribution is -0.140. The van der Waals surface area contributed by atoms with E-state index in [-0.39, 0.29) is 23.2 Å². The third-order valence-electron chi connectivity index (χ3n) is 5.30. The first-order valence-electron chi connectivity index (χ1n) is 9.62. The van der Waals surface area contributed by atoms with E-state index in [2.05, 4.69) is 21.9 Å². The number of rotatable bonds is 3. The van der Waals surface area contributed by atoms with E-state index in [9.17, 15) is 18.3 Å². The molecule has 0 radical (unpaired) electrons. The zero-order valence-corrected chi connectivity index (χ0v) is 16.0. The Hall–Kier alpha value is -2.62. The van der Waals surface area contributed by atoms with Crippen molar-refractivity contribution >= 4 is 17.6 Å². The average Bonchev–Trinajstić information content (AvgIpc) is 2.65. The van der Waals surface area contributed by atoms with Crippen LogP contribution in [0.25, 0.3) is 11.3 Å². The summed E-state index contributed by atoms with van der Waals surface area (Å²) in [6, 6.07) is 4.23. The number of nitrogen functional groups attached to an aromatic ring is 1. The lowest BCUT2D eigenvalue weighted by Crippen LogP contribution is -2.46. The quantitative estimate of drug-likeness (QED) is 0.807. The van der Waals surface area contributed by atoms with Gasteiger partial charge < -0.3 is 20.6 Å². The largest absolute Gasteiger partial charge is 0.434 e. The summed E-state index contributed by atoms with van der Waals surface area (Å²) in [6.45, 7) is 4.79. The number of nitrogens with zero attached hydrogens (tertiary/aromatic N) is 5. The SMILES string of the molecule is CC1CN(c2cc(-c3ccc(N)nc3C(F)(F)F)nc(N3CCC(O)CC3)n2)C1. The van der Waals surface area contributed by atoms with Crippen LogP contribution in [0.3, 0.4) is 0 Å². The summed E-state index contributed by atoms with van der Waals surface area (Å²) < 4.78 is 40.8. The van der Waals surface area contributed by atoms with Crippen molar-refractivity contribution in [2.75, 3.05) is 41.7 Å². The molecule has 2 aliphatic rings. The maximum absolute atomic E-state index is 13.6. The van der Waals surface area contributed by atoms with Crippen molar-refractivity contribution < 1.29 is 18.3 Å². The van der Waals surface area contributed by atoms with E-state index in [1.807, 2.05) is 9.80 Å². The first-order chi connectivity index (χ1) is 13.7. The molecule has 2 aromatic heterocycles. The minimum absolute atomic E-state index is 0.123. The molecule has 7 nitrogen and oxygen atoms in total. The summed E-state index contributed by atoms with van der Waals surface area (Å²) in [5, 5.41) is 9.76. The molecule has 4 rings (SSSR count). The van der Waals surface area contributed by atoms with Crippen LogP contribution in [0.5, 0.6) is 0 Å². The van der Waals surface area contributed by atoms with Crippen LogP contribution >= 0.6 is 0 Å². The van der Waals surface area contributed by atoms with E-state index in [1.165, 1.54) is 12.1 Å². The molecule has 0 bridgehead atoms. The number of anilines is 3. The van der Waals surface area contributed by atoms with Crippen LogP contribution in [0.2, 0.25) is 0 Å². The van der Waals surface area contributed by atoms with Gasteiger partial charge in [-0.1, -0.05) is 6.92 Å². The molecule has 0 saturated carbocycles. The molecule has 156 valence electrons. The summed E-state index contributed by atoms with van der Waals surface area (Å²) in [6.07, 6.45) is -3.89. The number of alkyl halides is 3. The van der Waals surface area contributed by atoms with Crippen LogP contribution in [0.15, 0.2) is 18.2 Å². The van der Waals surface area contributed by atoms with Crippen molar-refractivity contribution in [2.45, 2.75) is 32.0 Å². The fourth-order valence-electron chi connectivity index (χ4n) is 3.71. The van der Waals surface area contributed by atoms with Crippen LogP contribution in [0, 0.1) is 5.92 Å². The number of pyridine rings is 1. The van der Waals surface area contributed by atoms with E-state index >= 15 is 0 Å². The highest BCUT2D eigenvalue weighted by Crippen LogP contribution is 2.37. The van der Waals surface area contributed by atoms with Gasteiger partial charge in [-0.05, 0) is 30.9 Å². The van der Waals surface area contributed by atoms with Crippen LogP contribution < -0.4 is 15.5 Å². The molecule has 2 aliphatic heterocycles. The van der Waals surface area contributed by atoms with Gasteiger partial charge in [0.05, 0.1) is 11.8 Å². The van der Waals surface area contributed by atoms with Gasteiger partial charge in [0.25, 0.3) is 0 Å². The summed E-state index contributed by atoms with van der Waals surface area (Å²) in [5.41, 5.74) is 4.49. The van der Waals surface area contributed by atoms with E-state index in [4.69, 9.17) is 5.73 Å². The molecular formula is C19H23F3N6O. The van der Waals surface area contributed by atoms with Gasteiger partial charge in [-0.25, -0.2) is 9.97 Å². The summed E-state index contributed by atoms with van der Waals surface area (Å²) in [5.74, 6) is 1.27. The van der Waals surface area contributed by atoms with Crippen molar-refractivity contribution in [2.24, 2.45) is 5.92 Å². The predicted octanol–water partition coefficient (Wildman–Crippen LogP) is 2.56. The highest BCUT2D eigenvalue weighted by molar-refractivity contribution is 5.69. The van der Waals surface area contributed by atoms with E-state index in [0.29, 0.717) is 43.6 Å². The van der Waals surface area contributed by atoms with Gasteiger partial charge in [0, 0.05) is 37.8 Å². The molecule has 0 aromatic carbocycles. The van der Waals surface area contributed by atoms with Crippen LogP contribution in [-0.2, 0) is 6.18 Å². The number of hydrogen-bond acceptors (Lipinski definition) is 7. The molecule has 2 saturated heterocycles. The molecule has 0 unspecified atom stereocenters. The Kier molecular flexibility index (Phi) is 4.97. The molecule has 0 spiro atoms. The monoisotopic (exact) mass is 408 g/mol. The number of nitrogens with two attached hydrogens (primary N) is 1. The second-order valence-electron chi connectivity index (χ2n) is 7.77. The zero-order chi connectivity index (χ0) is 20.8. The van der Waals surface area contributed by atoms with Crippen molar-refractivity contribution in [3.8, 4) is 11.3 Å². The minimum atomic E-state index is -4.66. The topological polar surface area (TPSA) is 91.4 Å². The number of halogens is 3. The minimum Gasteiger partial charge on any atom is -0.393 e. The zero-order valence-electron chi connectivity index (χ0n) is 16.0. The number of piperidine rings is 1. The fraction of sp³-hybridized carbons (Fsp3) is 0.526. The molecule has 0 amide bonds. The van der Waals surface area contributed by atoms with Gasteiger partial charge in [0.15, 0.2) is 5.69 Å². The molecule has 2 aromatic rings. The van der Waals surface area contributed by atoms with Crippen molar-refractivity contribution in [1.29, 1.82) is 0 Å². The lowest BCUT2D eigenvalue weighted by Gasteiger charge is -2.39. The molecule has 2 fully saturated rings. The predicted molar refractivity (Wildman–Crippen MR) is 104 cm³/mol. The van der Waals surface area contributed by atoms with Crippen molar-refractivity contribution in [3.63, 3.8) is 0 Å². The van der Waals surface area contributed by atoms with Crippen LogP contribution in [0.1, 0.15) is 25.5 Å². The van der Waals surface area contributed by atoms with Crippen LogP contribution in [-0.4, -0.2) is 52.3 Å². The maximum atomic E-state index is 13.6. The summed E-state index contributed by atoms with van der Waals surface area (Å²) in [4.78, 5) is 16.5. The summed E-state index contributed by atoms with van der Waals surface area (Å²) >= 11 is 0. The molecule has 10 heteroatoms. The smallest absolute Gasteiger partial charge is 0.393 e. The lowest BCUT2D eigenvalue weighted by atomic mass is 10.0. The first kappa shape index (κ1) is 19.7. The number of aromatic nitrogens is 3. The number of aliphatic hydroxyl groups excluding tert-OH is 1. The molecule has 29 heavy (non-hydrogen) atoms. The van der Waals surface area contributed by atoms with E-state index in [0.717, 1.165) is 13.1 Å². The second-order valence-corrected chi connectivity index (χ2v) is 7.77. The Morgan fingerprint density at radius 3 is 2.38 bits per heavy atom. The standard InChI is InChI=1S/C19H23F3N6O/c1-11-9-28(10-11)16-8-14(13-2-3-15(23)25-17(13)19(20,21)22)24-18(26-16)27-6-4-12(29)5-7-27/h2-3,8,11-12,29H,4-7,9-10H2,1H3,(H2,23,25). The Bertz CT molecular complexity index is 892. The van der Waals surface area contributed by atoms with Gasteiger partial charge in [-0.3, -0.25) is 0 Å². The maximum Gasteiger partial charge on any atom is 0.434 e. The van der Waals surface area contributed by atoms with Gasteiger partial charge in [0.2, 0.25) is 5.95 Å². The Balaban J connectivity index is 1.79. The molecule has 0 atom stereocenters. The third kappa shape index (κ3) is 4.07. The van der Waals surface area contributed by atoms with Crippen LogP contribution in [0.4, 0.5) is 30.8 Å². The first-order valence-corrected chi connectivity index (χ1v) is 9.62. The second kappa shape index (κ2) is 7.33. The van der Waals surface area contributed by atoms with Gasteiger partial charge in [-0.2, -0.15) is 18.2 Å². The average molecular weight is 408 g/mol. The summed E-state index contributed by atoms with van der Waals surface area (Å²) in [7, 11) is 0. The van der Waals surface area contributed by atoms with Crippen molar-refractivity contribution in [3.05, 3.63) is 23.9 Å². The molecular weight excluding hydrogens is 385 g/mol. The van der Waals surface area contributed by atoms with E-state index < -0.39 is 11.9 Å².